The van der Waals surface area contributed by atoms with Crippen LogP contribution < -0.4 is 11.0 Å². The van der Waals surface area contributed by atoms with Gasteiger partial charge in [0, 0.05) is 20.0 Å². The number of phenols is 1. The molecule has 1 atom stereocenters. The standard InChI is InChI=1S/C17H18BrN3O6/c1-10(22)26-9-12(27-11(2)23)7-21-8-13(18)16(20-17(21)25)19-14-5-3-4-6-15(14)24/h3-6,8,12,24H,7,9H2,1-2H3,(H,19,20,25). The summed E-state index contributed by atoms with van der Waals surface area (Å²) in [6, 6.07) is 6.51. The number of hydrogen-bond donors (Lipinski definition) is 2. The van der Waals surface area contributed by atoms with Crippen LogP contribution in [0.4, 0.5) is 11.5 Å². The summed E-state index contributed by atoms with van der Waals surface area (Å²) in [6.07, 6.45) is 0.622. The molecule has 2 rings (SSSR count). The number of aromatic nitrogens is 2. The Morgan fingerprint density at radius 3 is 2.63 bits per heavy atom. The molecule has 2 aromatic rings. The average molecular weight is 440 g/mol. The first-order valence-electron chi connectivity index (χ1n) is 7.89. The number of halogens is 1. The zero-order valence-electron chi connectivity index (χ0n) is 14.6. The Hall–Kier alpha value is -2.88. The monoisotopic (exact) mass is 439 g/mol. The highest BCUT2D eigenvalue weighted by Gasteiger charge is 2.17. The molecule has 0 aliphatic heterocycles. The summed E-state index contributed by atoms with van der Waals surface area (Å²) >= 11 is 3.31. The van der Waals surface area contributed by atoms with Gasteiger partial charge in [0.05, 0.1) is 16.7 Å². The van der Waals surface area contributed by atoms with Crippen LogP contribution in [-0.4, -0.2) is 39.3 Å². The first kappa shape index (κ1) is 20.4. The summed E-state index contributed by atoms with van der Waals surface area (Å²) in [5, 5.41) is 12.7. The van der Waals surface area contributed by atoms with Gasteiger partial charge in [-0.2, -0.15) is 4.98 Å². The highest BCUT2D eigenvalue weighted by Crippen LogP contribution is 2.28. The van der Waals surface area contributed by atoms with Crippen LogP contribution >= 0.6 is 15.9 Å². The van der Waals surface area contributed by atoms with Crippen molar-refractivity contribution in [3.63, 3.8) is 0 Å². The summed E-state index contributed by atoms with van der Waals surface area (Å²) in [5.74, 6) is -0.875. The number of ether oxygens (including phenoxy) is 2. The SMILES string of the molecule is CC(=O)OCC(Cn1cc(Br)c(Nc2ccccc2O)nc1=O)OC(C)=O. The van der Waals surface area contributed by atoms with Gasteiger partial charge in [-0.1, -0.05) is 12.1 Å². The maximum atomic E-state index is 12.3. The van der Waals surface area contributed by atoms with Crippen LogP contribution in [0, 0.1) is 0 Å². The van der Waals surface area contributed by atoms with E-state index in [0.717, 1.165) is 0 Å². The number of carbonyl (C=O) groups excluding carboxylic acids is 2. The van der Waals surface area contributed by atoms with Gasteiger partial charge in [0.25, 0.3) is 0 Å². The molecule has 0 saturated carbocycles. The summed E-state index contributed by atoms with van der Waals surface area (Å²) in [7, 11) is 0. The number of esters is 2. The molecule has 0 saturated heterocycles. The van der Waals surface area contributed by atoms with Crippen LogP contribution in [0.25, 0.3) is 0 Å². The lowest BCUT2D eigenvalue weighted by Crippen LogP contribution is -2.34. The molecular weight excluding hydrogens is 422 g/mol. The van der Waals surface area contributed by atoms with E-state index in [4.69, 9.17) is 9.47 Å². The number of carbonyl (C=O) groups is 2. The molecule has 1 aromatic carbocycles. The van der Waals surface area contributed by atoms with Crippen molar-refractivity contribution in [3.05, 3.63) is 45.4 Å². The van der Waals surface area contributed by atoms with E-state index in [1.54, 1.807) is 18.2 Å². The zero-order chi connectivity index (χ0) is 20.0. The Morgan fingerprint density at radius 1 is 1.30 bits per heavy atom. The summed E-state index contributed by atoms with van der Waals surface area (Å²) in [5.41, 5.74) is -0.230. The molecule has 0 aliphatic rings. The molecule has 2 N–H and O–H groups in total. The number of nitrogens with zero attached hydrogens (tertiary/aromatic N) is 2. The number of phenolic OH excluding ortho intramolecular Hbond substituents is 1. The first-order valence-corrected chi connectivity index (χ1v) is 8.68. The first-order chi connectivity index (χ1) is 12.8. The van der Waals surface area contributed by atoms with Crippen LogP contribution in [0.5, 0.6) is 5.75 Å². The highest BCUT2D eigenvalue weighted by molar-refractivity contribution is 9.10. The van der Waals surface area contributed by atoms with Gasteiger partial charge in [-0.3, -0.25) is 14.2 Å². The largest absolute Gasteiger partial charge is 0.506 e. The van der Waals surface area contributed by atoms with Crippen LogP contribution in [-0.2, 0) is 25.6 Å². The lowest BCUT2D eigenvalue weighted by atomic mass is 10.3. The molecule has 0 spiro atoms. The van der Waals surface area contributed by atoms with Crippen LogP contribution in [0.1, 0.15) is 13.8 Å². The van der Waals surface area contributed by atoms with Crippen molar-refractivity contribution in [1.29, 1.82) is 0 Å². The second kappa shape index (κ2) is 9.17. The van der Waals surface area contributed by atoms with Crippen LogP contribution in [0.3, 0.4) is 0 Å². The van der Waals surface area contributed by atoms with Crippen LogP contribution in [0.15, 0.2) is 39.7 Å². The normalized spacial score (nSPS) is 11.5. The van der Waals surface area contributed by atoms with E-state index in [-0.39, 0.29) is 24.7 Å². The van der Waals surface area contributed by atoms with E-state index in [0.29, 0.717) is 10.2 Å². The lowest BCUT2D eigenvalue weighted by molar-refractivity contribution is -0.157. The van der Waals surface area contributed by atoms with Crippen molar-refractivity contribution in [2.45, 2.75) is 26.5 Å². The molecule has 0 bridgehead atoms. The Morgan fingerprint density at radius 2 is 2.00 bits per heavy atom. The molecule has 1 unspecified atom stereocenters. The quantitative estimate of drug-likeness (QED) is 0.495. The molecule has 9 nitrogen and oxygen atoms in total. The fraction of sp³-hybridized carbons (Fsp3) is 0.294. The predicted molar refractivity (Wildman–Crippen MR) is 99.8 cm³/mol. The topological polar surface area (TPSA) is 120 Å². The molecule has 10 heteroatoms. The number of hydrogen-bond acceptors (Lipinski definition) is 8. The second-order valence-corrected chi connectivity index (χ2v) is 6.40. The molecule has 0 amide bonds. The molecular formula is C17H18BrN3O6. The third kappa shape index (κ3) is 6.10. The molecule has 0 aliphatic carbocycles. The van der Waals surface area contributed by atoms with E-state index in [1.165, 1.54) is 30.7 Å². The van der Waals surface area contributed by atoms with Crippen molar-refractivity contribution in [1.82, 2.24) is 9.55 Å². The van der Waals surface area contributed by atoms with Crippen molar-refractivity contribution in [2.75, 3.05) is 11.9 Å². The Kier molecular flexibility index (Phi) is 6.94. The average Bonchev–Trinajstić information content (AvgIpc) is 2.58. The third-order valence-corrected chi connectivity index (χ3v) is 3.89. The second-order valence-electron chi connectivity index (χ2n) is 5.55. The van der Waals surface area contributed by atoms with Crippen molar-refractivity contribution in [2.24, 2.45) is 0 Å². The van der Waals surface area contributed by atoms with Crippen molar-refractivity contribution in [3.8, 4) is 5.75 Å². The van der Waals surface area contributed by atoms with E-state index < -0.39 is 23.7 Å². The van der Waals surface area contributed by atoms with Gasteiger partial charge < -0.3 is 19.9 Å². The molecule has 1 heterocycles. The van der Waals surface area contributed by atoms with E-state index in [9.17, 15) is 19.5 Å². The molecule has 0 fully saturated rings. The van der Waals surface area contributed by atoms with Gasteiger partial charge in [0.15, 0.2) is 11.9 Å². The fourth-order valence-electron chi connectivity index (χ4n) is 2.18. The minimum atomic E-state index is -0.838. The summed E-state index contributed by atoms with van der Waals surface area (Å²) < 4.78 is 11.6. The summed E-state index contributed by atoms with van der Waals surface area (Å²) in [4.78, 5) is 38.4. The molecule has 144 valence electrons. The number of rotatable bonds is 7. The predicted octanol–water partition coefficient (Wildman–Crippen LogP) is 1.95. The summed E-state index contributed by atoms with van der Waals surface area (Å²) in [6.45, 7) is 2.22. The van der Waals surface area contributed by atoms with Crippen LogP contribution in [0.2, 0.25) is 0 Å². The minimum absolute atomic E-state index is 0.00619. The third-order valence-electron chi connectivity index (χ3n) is 3.31. The van der Waals surface area contributed by atoms with Crippen molar-refractivity contribution < 1.29 is 24.2 Å². The smallest absolute Gasteiger partial charge is 0.349 e. The van der Waals surface area contributed by atoms with E-state index >= 15 is 0 Å². The van der Waals surface area contributed by atoms with Gasteiger partial charge in [-0.25, -0.2) is 4.79 Å². The number of para-hydroxylation sites is 2. The number of nitrogens with one attached hydrogen (secondary N) is 1. The number of benzene rings is 1. The zero-order valence-corrected chi connectivity index (χ0v) is 16.2. The maximum Gasteiger partial charge on any atom is 0.349 e. The van der Waals surface area contributed by atoms with Gasteiger partial charge >= 0.3 is 17.6 Å². The maximum absolute atomic E-state index is 12.3. The number of anilines is 2. The highest BCUT2D eigenvalue weighted by atomic mass is 79.9. The lowest BCUT2D eigenvalue weighted by Gasteiger charge is -2.18. The van der Waals surface area contributed by atoms with E-state index in [2.05, 4.69) is 26.2 Å². The Bertz CT molecular complexity index is 898. The fourth-order valence-corrected chi connectivity index (χ4v) is 2.62. The Labute approximate surface area is 163 Å². The van der Waals surface area contributed by atoms with Crippen molar-refractivity contribution >= 4 is 39.4 Å². The minimum Gasteiger partial charge on any atom is -0.506 e. The Balaban J connectivity index is 2.21. The molecule has 1 aromatic heterocycles. The molecule has 0 radical (unpaired) electrons. The van der Waals surface area contributed by atoms with Gasteiger partial charge in [0.1, 0.15) is 12.4 Å². The van der Waals surface area contributed by atoms with E-state index in [1.807, 2.05) is 0 Å². The van der Waals surface area contributed by atoms with Gasteiger partial charge in [0.2, 0.25) is 0 Å². The van der Waals surface area contributed by atoms with Gasteiger partial charge in [-0.15, -0.1) is 0 Å². The molecule has 27 heavy (non-hydrogen) atoms. The van der Waals surface area contributed by atoms with Gasteiger partial charge in [-0.05, 0) is 28.1 Å². The number of aromatic hydroxyl groups is 1.